The molecule has 2 N–H and O–H groups in total. The van der Waals surface area contributed by atoms with Crippen LogP contribution in [-0.4, -0.2) is 23.7 Å². The molecule has 0 bridgehead atoms. The molecule has 1 atom stereocenters. The fourth-order valence-corrected chi connectivity index (χ4v) is 3.20. The number of carbonyl (C=O) groups is 1. The van der Waals surface area contributed by atoms with Gasteiger partial charge in [0.1, 0.15) is 6.04 Å². The van der Waals surface area contributed by atoms with Crippen LogP contribution in [0.3, 0.4) is 0 Å². The van der Waals surface area contributed by atoms with Gasteiger partial charge in [-0.15, -0.1) is 0 Å². The van der Waals surface area contributed by atoms with Crippen molar-refractivity contribution in [3.8, 4) is 0 Å². The Morgan fingerprint density at radius 3 is 1.50 bits per heavy atom. The second-order valence-corrected chi connectivity index (χ2v) is 7.23. The molecule has 0 saturated carbocycles. The summed E-state index contributed by atoms with van der Waals surface area (Å²) >= 11 is 0. The van der Waals surface area contributed by atoms with Gasteiger partial charge >= 0.3 is 5.97 Å². The van der Waals surface area contributed by atoms with Gasteiger partial charge in [0, 0.05) is 0 Å². The summed E-state index contributed by atoms with van der Waals surface area (Å²) in [4.78, 5) is 11.0. The van der Waals surface area contributed by atoms with Crippen molar-refractivity contribution in [1.82, 2.24) is 5.32 Å². The van der Waals surface area contributed by atoms with Crippen molar-refractivity contribution in [3.05, 3.63) is 0 Å². The normalized spacial score (nSPS) is 12.4. The predicted molar refractivity (Wildman–Crippen MR) is 105 cm³/mol. The Morgan fingerprint density at radius 1 is 0.708 bits per heavy atom. The first-order valence-corrected chi connectivity index (χ1v) is 10.7. The minimum absolute atomic E-state index is 0.350. The topological polar surface area (TPSA) is 49.3 Å². The molecule has 0 aliphatic rings. The lowest BCUT2D eigenvalue weighted by Crippen LogP contribution is -2.37. The van der Waals surface area contributed by atoms with Crippen molar-refractivity contribution in [3.63, 3.8) is 0 Å². The molecule has 0 aliphatic carbocycles. The van der Waals surface area contributed by atoms with Crippen LogP contribution in [0.1, 0.15) is 117 Å². The lowest BCUT2D eigenvalue weighted by Gasteiger charge is -2.13. The highest BCUT2D eigenvalue weighted by Gasteiger charge is 2.14. The Hall–Kier alpha value is -0.570. The number of hydrogen-bond acceptors (Lipinski definition) is 2. The van der Waals surface area contributed by atoms with Gasteiger partial charge in [-0.05, 0) is 19.4 Å². The van der Waals surface area contributed by atoms with Crippen LogP contribution in [0.15, 0.2) is 0 Å². The van der Waals surface area contributed by atoms with E-state index < -0.39 is 5.97 Å². The maximum Gasteiger partial charge on any atom is 0.320 e. The summed E-state index contributed by atoms with van der Waals surface area (Å²) in [6, 6.07) is -0.350. The van der Waals surface area contributed by atoms with Crippen LogP contribution in [-0.2, 0) is 4.79 Å². The van der Waals surface area contributed by atoms with E-state index in [1.807, 2.05) is 6.92 Å². The van der Waals surface area contributed by atoms with Gasteiger partial charge in [-0.1, -0.05) is 104 Å². The van der Waals surface area contributed by atoms with E-state index in [4.69, 9.17) is 5.11 Å². The van der Waals surface area contributed by atoms with Gasteiger partial charge in [-0.25, -0.2) is 0 Å². The summed E-state index contributed by atoms with van der Waals surface area (Å²) in [5.74, 6) is -0.706. The van der Waals surface area contributed by atoms with Gasteiger partial charge in [-0.3, -0.25) is 4.79 Å². The molecule has 0 aromatic heterocycles. The summed E-state index contributed by atoms with van der Waals surface area (Å²) in [6.45, 7) is 5.15. The quantitative estimate of drug-likeness (QED) is 0.271. The van der Waals surface area contributed by atoms with Crippen LogP contribution < -0.4 is 5.32 Å². The third kappa shape index (κ3) is 16.3. The Bertz CT molecular complexity index is 269. The molecule has 144 valence electrons. The van der Waals surface area contributed by atoms with Crippen molar-refractivity contribution >= 4 is 5.97 Å². The number of nitrogens with one attached hydrogen (secondary N) is 1. The number of hydrogen-bond donors (Lipinski definition) is 2. The van der Waals surface area contributed by atoms with E-state index >= 15 is 0 Å². The highest BCUT2D eigenvalue weighted by Crippen LogP contribution is 2.12. The van der Waals surface area contributed by atoms with Crippen LogP contribution in [0, 0.1) is 0 Å². The Balaban J connectivity index is 3.18. The van der Waals surface area contributed by atoms with Crippen LogP contribution in [0.25, 0.3) is 0 Å². The maximum atomic E-state index is 11.0. The largest absolute Gasteiger partial charge is 0.480 e. The highest BCUT2D eigenvalue weighted by molar-refractivity contribution is 5.73. The molecule has 0 aromatic rings. The molecule has 24 heavy (non-hydrogen) atoms. The zero-order valence-corrected chi connectivity index (χ0v) is 16.5. The maximum absolute atomic E-state index is 11.0. The van der Waals surface area contributed by atoms with E-state index in [-0.39, 0.29) is 6.04 Å². The minimum atomic E-state index is -0.706. The Labute approximate surface area is 151 Å². The number of rotatable bonds is 19. The van der Waals surface area contributed by atoms with Gasteiger partial charge in [0.15, 0.2) is 0 Å². The first-order valence-electron chi connectivity index (χ1n) is 10.7. The fraction of sp³-hybridized carbons (Fsp3) is 0.952. The molecule has 0 saturated heterocycles. The zero-order chi connectivity index (χ0) is 17.9. The average molecular weight is 342 g/mol. The Morgan fingerprint density at radius 2 is 1.12 bits per heavy atom. The van der Waals surface area contributed by atoms with E-state index in [2.05, 4.69) is 12.2 Å². The highest BCUT2D eigenvalue weighted by atomic mass is 16.4. The Kier molecular flexibility index (Phi) is 18.3. The predicted octanol–water partition coefficient (Wildman–Crippen LogP) is 6.31. The van der Waals surface area contributed by atoms with E-state index in [0.29, 0.717) is 0 Å². The SMILES string of the molecule is CCCCCCCCCCCCCCCCNC(CCC)C(=O)O. The number of unbranched alkanes of at least 4 members (excludes halogenated alkanes) is 13. The third-order valence-corrected chi connectivity index (χ3v) is 4.80. The van der Waals surface area contributed by atoms with E-state index in [9.17, 15) is 4.79 Å². The molecule has 3 heteroatoms. The van der Waals surface area contributed by atoms with Crippen molar-refractivity contribution in [2.75, 3.05) is 6.54 Å². The molecule has 3 nitrogen and oxygen atoms in total. The summed E-state index contributed by atoms with van der Waals surface area (Å²) in [6.07, 6.45) is 20.7. The molecule has 0 amide bonds. The molecule has 1 unspecified atom stereocenters. The van der Waals surface area contributed by atoms with Crippen molar-refractivity contribution in [2.24, 2.45) is 0 Å². The minimum Gasteiger partial charge on any atom is -0.480 e. The average Bonchev–Trinajstić information content (AvgIpc) is 2.57. The first-order chi connectivity index (χ1) is 11.7. The van der Waals surface area contributed by atoms with Crippen molar-refractivity contribution in [1.29, 1.82) is 0 Å². The molecule has 0 heterocycles. The van der Waals surface area contributed by atoms with Gasteiger partial charge in [0.05, 0.1) is 0 Å². The lowest BCUT2D eigenvalue weighted by atomic mass is 10.0. The number of carboxylic acid groups (broad SMARTS) is 1. The molecular formula is C21H43NO2. The number of aliphatic carboxylic acids is 1. The van der Waals surface area contributed by atoms with Gasteiger partial charge < -0.3 is 10.4 Å². The number of carboxylic acids is 1. The van der Waals surface area contributed by atoms with E-state index in [1.165, 1.54) is 83.5 Å². The monoisotopic (exact) mass is 341 g/mol. The van der Waals surface area contributed by atoms with Crippen molar-refractivity contribution in [2.45, 2.75) is 123 Å². The van der Waals surface area contributed by atoms with Gasteiger partial charge in [0.2, 0.25) is 0 Å². The van der Waals surface area contributed by atoms with Crippen LogP contribution in [0.4, 0.5) is 0 Å². The second kappa shape index (κ2) is 18.8. The summed E-state index contributed by atoms with van der Waals surface area (Å²) in [5.41, 5.74) is 0. The third-order valence-electron chi connectivity index (χ3n) is 4.80. The van der Waals surface area contributed by atoms with Crippen LogP contribution in [0.2, 0.25) is 0 Å². The van der Waals surface area contributed by atoms with Crippen LogP contribution in [0.5, 0.6) is 0 Å². The second-order valence-electron chi connectivity index (χ2n) is 7.23. The van der Waals surface area contributed by atoms with Crippen molar-refractivity contribution < 1.29 is 9.90 Å². The van der Waals surface area contributed by atoms with E-state index in [1.54, 1.807) is 0 Å². The fourth-order valence-electron chi connectivity index (χ4n) is 3.20. The molecule has 0 radical (unpaired) electrons. The molecule has 0 aromatic carbocycles. The summed E-state index contributed by atoms with van der Waals surface area (Å²) < 4.78 is 0. The molecular weight excluding hydrogens is 298 g/mol. The summed E-state index contributed by atoms with van der Waals surface area (Å²) in [5, 5.41) is 12.2. The molecule has 0 aliphatic heterocycles. The first kappa shape index (κ1) is 23.4. The summed E-state index contributed by atoms with van der Waals surface area (Å²) in [7, 11) is 0. The smallest absolute Gasteiger partial charge is 0.320 e. The van der Waals surface area contributed by atoms with Gasteiger partial charge in [-0.2, -0.15) is 0 Å². The molecule has 0 fully saturated rings. The lowest BCUT2D eigenvalue weighted by molar-refractivity contribution is -0.139. The molecule has 0 rings (SSSR count). The van der Waals surface area contributed by atoms with E-state index in [0.717, 1.165) is 25.8 Å². The van der Waals surface area contributed by atoms with Gasteiger partial charge in [0.25, 0.3) is 0 Å². The standard InChI is InChI=1S/C21H43NO2/c1-3-5-6-7-8-9-10-11-12-13-14-15-16-17-19-22-20(18-4-2)21(23)24/h20,22H,3-19H2,1-2H3,(H,23,24). The van der Waals surface area contributed by atoms with Crippen LogP contribution >= 0.6 is 0 Å². The zero-order valence-electron chi connectivity index (χ0n) is 16.5. The molecule has 0 spiro atoms.